The quantitative estimate of drug-likeness (QED) is 0.355. The summed E-state index contributed by atoms with van der Waals surface area (Å²) in [4.78, 5) is 32.7. The molecule has 0 aromatic heterocycles. The second-order valence-corrected chi connectivity index (χ2v) is 4.35. The zero-order chi connectivity index (χ0) is 13.3. The molecule has 0 amide bonds. The Morgan fingerprint density at radius 2 is 1.89 bits per heavy atom. The van der Waals surface area contributed by atoms with Gasteiger partial charge in [-0.25, -0.2) is 0 Å². The third kappa shape index (κ3) is 2.48. The summed E-state index contributed by atoms with van der Waals surface area (Å²) in [6.07, 6.45) is -0.125. The summed E-state index contributed by atoms with van der Waals surface area (Å²) in [5.74, 6) is -1.91. The second-order valence-electron chi connectivity index (χ2n) is 3.91. The van der Waals surface area contributed by atoms with Crippen LogP contribution in [0.3, 0.4) is 0 Å². The number of esters is 2. The summed E-state index contributed by atoms with van der Waals surface area (Å²) in [7, 11) is 0. The van der Waals surface area contributed by atoms with Crippen LogP contribution in [0.1, 0.15) is 24.3 Å². The van der Waals surface area contributed by atoms with E-state index in [2.05, 4.69) is 4.74 Å². The fourth-order valence-electron chi connectivity index (χ4n) is 1.92. The lowest BCUT2D eigenvalue weighted by Gasteiger charge is -2.19. The van der Waals surface area contributed by atoms with E-state index in [0.717, 1.165) is 0 Å². The van der Waals surface area contributed by atoms with Crippen molar-refractivity contribution in [1.29, 1.82) is 0 Å². The molecule has 1 fully saturated rings. The predicted molar refractivity (Wildman–Crippen MR) is 61.2 cm³/mol. The maximum Gasteiger partial charge on any atom is 0.314 e. The smallest absolute Gasteiger partial charge is 0.314 e. The van der Waals surface area contributed by atoms with Crippen LogP contribution in [-0.4, -0.2) is 16.9 Å². The van der Waals surface area contributed by atoms with Crippen molar-refractivity contribution in [2.45, 2.75) is 18.8 Å². The molecule has 2 rings (SSSR count). The van der Waals surface area contributed by atoms with E-state index in [1.807, 2.05) is 0 Å². The van der Waals surface area contributed by atoms with Crippen LogP contribution >= 0.6 is 11.6 Å². The van der Waals surface area contributed by atoms with Crippen LogP contribution in [0.5, 0.6) is 0 Å². The monoisotopic (exact) mass is 269 g/mol. The summed E-state index contributed by atoms with van der Waals surface area (Å²) < 4.78 is 4.39. The van der Waals surface area contributed by atoms with Crippen molar-refractivity contribution in [2.75, 3.05) is 0 Å². The van der Waals surface area contributed by atoms with Crippen LogP contribution in [0, 0.1) is 10.1 Å². The van der Waals surface area contributed by atoms with E-state index < -0.39 is 22.8 Å². The molecule has 0 unspecified atom stereocenters. The molecule has 94 valence electrons. The summed E-state index contributed by atoms with van der Waals surface area (Å²) in [6.45, 7) is 0. The van der Waals surface area contributed by atoms with E-state index in [1.54, 1.807) is 0 Å². The molecule has 0 N–H and O–H groups in total. The highest BCUT2D eigenvalue weighted by Crippen LogP contribution is 2.35. The minimum absolute atomic E-state index is 0.0626. The first-order chi connectivity index (χ1) is 8.47. The minimum Gasteiger partial charge on any atom is -0.393 e. The van der Waals surface area contributed by atoms with Gasteiger partial charge in [-0.05, 0) is 12.1 Å². The first kappa shape index (κ1) is 12.5. The van der Waals surface area contributed by atoms with Gasteiger partial charge in [0.25, 0.3) is 5.69 Å². The molecule has 1 aliphatic rings. The molecule has 1 heterocycles. The summed E-state index contributed by atoms with van der Waals surface area (Å²) >= 11 is 5.79. The van der Waals surface area contributed by atoms with Crippen molar-refractivity contribution in [3.8, 4) is 0 Å². The van der Waals surface area contributed by atoms with Gasteiger partial charge in [0.15, 0.2) is 0 Å². The van der Waals surface area contributed by atoms with Crippen molar-refractivity contribution < 1.29 is 19.2 Å². The van der Waals surface area contributed by atoms with Gasteiger partial charge in [-0.3, -0.25) is 19.7 Å². The van der Waals surface area contributed by atoms with Gasteiger partial charge in [0, 0.05) is 22.6 Å². The van der Waals surface area contributed by atoms with Crippen LogP contribution < -0.4 is 0 Å². The van der Waals surface area contributed by atoms with Crippen molar-refractivity contribution >= 4 is 29.2 Å². The summed E-state index contributed by atoms with van der Waals surface area (Å²) in [5.41, 5.74) is 0.143. The molecule has 1 saturated heterocycles. The van der Waals surface area contributed by atoms with Crippen molar-refractivity contribution in [3.05, 3.63) is 38.9 Å². The number of benzene rings is 1. The normalized spacial score (nSPS) is 16.5. The SMILES string of the molecule is O=C1CC(c2cc(Cl)ccc2[N+](=O)[O-])CC(=O)O1. The van der Waals surface area contributed by atoms with E-state index in [1.165, 1.54) is 18.2 Å². The Kier molecular flexibility index (Phi) is 3.29. The molecule has 0 saturated carbocycles. The molecular formula is C11H8ClNO5. The van der Waals surface area contributed by atoms with Crippen LogP contribution in [-0.2, 0) is 14.3 Å². The van der Waals surface area contributed by atoms with Crippen molar-refractivity contribution in [2.24, 2.45) is 0 Å². The number of nitro groups is 1. The van der Waals surface area contributed by atoms with E-state index in [9.17, 15) is 19.7 Å². The number of cyclic esters (lactones) is 2. The molecule has 7 heteroatoms. The van der Waals surface area contributed by atoms with Crippen LogP contribution in [0.2, 0.25) is 5.02 Å². The molecule has 18 heavy (non-hydrogen) atoms. The molecule has 0 atom stereocenters. The Bertz CT molecular complexity index is 526. The van der Waals surface area contributed by atoms with Crippen molar-refractivity contribution in [3.63, 3.8) is 0 Å². The second kappa shape index (κ2) is 4.73. The van der Waals surface area contributed by atoms with Gasteiger partial charge in [0.05, 0.1) is 17.8 Å². The van der Waals surface area contributed by atoms with Crippen LogP contribution in [0.4, 0.5) is 5.69 Å². The lowest BCUT2D eigenvalue weighted by Crippen LogP contribution is -2.24. The first-order valence-electron chi connectivity index (χ1n) is 5.14. The lowest BCUT2D eigenvalue weighted by atomic mass is 9.90. The summed E-state index contributed by atoms with van der Waals surface area (Å²) in [5, 5.41) is 11.2. The van der Waals surface area contributed by atoms with E-state index >= 15 is 0 Å². The minimum atomic E-state index is -0.675. The molecule has 0 bridgehead atoms. The number of rotatable bonds is 2. The van der Waals surface area contributed by atoms with Gasteiger partial charge in [-0.2, -0.15) is 0 Å². The van der Waals surface area contributed by atoms with Gasteiger partial charge in [-0.15, -0.1) is 0 Å². The van der Waals surface area contributed by atoms with Crippen LogP contribution in [0.15, 0.2) is 18.2 Å². The van der Waals surface area contributed by atoms with Gasteiger partial charge >= 0.3 is 11.9 Å². The third-order valence-electron chi connectivity index (χ3n) is 2.68. The number of carbonyl (C=O) groups is 2. The Labute approximate surface area is 107 Å². The Morgan fingerprint density at radius 3 is 2.44 bits per heavy atom. The maximum absolute atomic E-state index is 11.2. The van der Waals surface area contributed by atoms with Gasteiger partial charge in [0.1, 0.15) is 0 Å². The largest absolute Gasteiger partial charge is 0.393 e. The Hall–Kier alpha value is -1.95. The van der Waals surface area contributed by atoms with E-state index in [4.69, 9.17) is 11.6 Å². The standard InChI is InChI=1S/C11H8ClNO5/c12-7-1-2-9(13(16)17)8(5-7)6-3-10(14)18-11(15)4-6/h1-2,5-6H,3-4H2. The highest BCUT2D eigenvalue weighted by atomic mass is 35.5. The number of hydrogen-bond acceptors (Lipinski definition) is 5. The van der Waals surface area contributed by atoms with Gasteiger partial charge in [0.2, 0.25) is 0 Å². The highest BCUT2D eigenvalue weighted by Gasteiger charge is 2.32. The zero-order valence-electron chi connectivity index (χ0n) is 9.09. The maximum atomic E-state index is 11.2. The molecule has 6 nitrogen and oxygen atoms in total. The molecule has 0 aliphatic carbocycles. The first-order valence-corrected chi connectivity index (χ1v) is 5.52. The zero-order valence-corrected chi connectivity index (χ0v) is 9.85. The molecular weight excluding hydrogens is 262 g/mol. The molecule has 1 aliphatic heterocycles. The Balaban J connectivity index is 2.42. The average Bonchev–Trinajstić information content (AvgIpc) is 2.27. The predicted octanol–water partition coefficient (Wildman–Crippen LogP) is 2.20. The third-order valence-corrected chi connectivity index (χ3v) is 2.92. The fourth-order valence-corrected chi connectivity index (χ4v) is 2.10. The van der Waals surface area contributed by atoms with E-state index in [-0.39, 0.29) is 24.1 Å². The number of halogens is 1. The Morgan fingerprint density at radius 1 is 1.28 bits per heavy atom. The number of nitrogens with zero attached hydrogens (tertiary/aromatic N) is 1. The van der Waals surface area contributed by atoms with Crippen LogP contribution in [0.25, 0.3) is 0 Å². The molecule has 1 aromatic rings. The molecule has 0 spiro atoms. The van der Waals surface area contributed by atoms with Gasteiger partial charge in [-0.1, -0.05) is 11.6 Å². The average molecular weight is 270 g/mol. The molecule has 1 aromatic carbocycles. The number of nitro benzene ring substituents is 1. The number of ether oxygens (including phenoxy) is 1. The van der Waals surface area contributed by atoms with E-state index in [0.29, 0.717) is 5.02 Å². The number of hydrogen-bond donors (Lipinski definition) is 0. The van der Waals surface area contributed by atoms with Gasteiger partial charge < -0.3 is 4.74 Å². The fraction of sp³-hybridized carbons (Fsp3) is 0.273. The lowest BCUT2D eigenvalue weighted by molar-refractivity contribution is -0.385. The highest BCUT2D eigenvalue weighted by molar-refractivity contribution is 6.30. The topological polar surface area (TPSA) is 86.5 Å². The summed E-state index contributed by atoms with van der Waals surface area (Å²) in [6, 6.07) is 4.07. The molecule has 0 radical (unpaired) electrons. The number of carbonyl (C=O) groups excluding carboxylic acids is 2. The van der Waals surface area contributed by atoms with Crippen molar-refractivity contribution in [1.82, 2.24) is 0 Å².